The molecule has 0 atom stereocenters. The second kappa shape index (κ2) is 8.93. The zero-order chi connectivity index (χ0) is 15.0. The van der Waals surface area contributed by atoms with Gasteiger partial charge >= 0.3 is 7.25 Å². The Morgan fingerprint density at radius 3 is 1.30 bits per heavy atom. The Morgan fingerprint density at radius 1 is 0.750 bits per heavy atom. The van der Waals surface area contributed by atoms with Crippen LogP contribution in [0.2, 0.25) is 0 Å². The van der Waals surface area contributed by atoms with Crippen molar-refractivity contribution in [3.05, 3.63) is 0 Å². The van der Waals surface area contributed by atoms with Gasteiger partial charge in [-0.05, 0) is 44.9 Å². The quantitative estimate of drug-likeness (QED) is 0.253. The molecule has 2 aliphatic carbocycles. The minimum atomic E-state index is -6.00. The predicted molar refractivity (Wildman–Crippen MR) is 79.7 cm³/mol. The van der Waals surface area contributed by atoms with E-state index in [9.17, 15) is 17.3 Å². The lowest BCUT2D eigenvalue weighted by Crippen LogP contribution is -2.19. The molecular formula is C14H23BF4P-. The monoisotopic (exact) mass is 309 g/mol. The molecule has 0 N–H and O–H groups in total. The van der Waals surface area contributed by atoms with Crippen molar-refractivity contribution in [3.63, 3.8) is 0 Å². The van der Waals surface area contributed by atoms with Crippen molar-refractivity contribution in [3.8, 4) is 12.1 Å². The topological polar surface area (TPSA) is 0 Å². The first-order chi connectivity index (χ1) is 9.42. The van der Waals surface area contributed by atoms with E-state index in [-0.39, 0.29) is 7.92 Å². The van der Waals surface area contributed by atoms with E-state index in [0.717, 1.165) is 11.3 Å². The molecule has 0 bridgehead atoms. The van der Waals surface area contributed by atoms with Crippen LogP contribution in [-0.4, -0.2) is 18.6 Å². The van der Waals surface area contributed by atoms with Gasteiger partial charge < -0.3 is 17.3 Å². The zero-order valence-corrected chi connectivity index (χ0v) is 12.7. The van der Waals surface area contributed by atoms with Gasteiger partial charge in [-0.1, -0.05) is 44.2 Å². The summed E-state index contributed by atoms with van der Waals surface area (Å²) in [6.45, 7) is 0. The zero-order valence-electron chi connectivity index (χ0n) is 11.8. The van der Waals surface area contributed by atoms with E-state index in [2.05, 4.69) is 5.66 Å². The molecular weight excluding hydrogens is 286 g/mol. The van der Waals surface area contributed by atoms with Crippen LogP contribution in [0.15, 0.2) is 0 Å². The highest BCUT2D eigenvalue weighted by Crippen LogP contribution is 2.54. The molecule has 0 amide bonds. The SMILES string of the molecule is C#CP(C1CCCCC1)C1CCCCC1.F[B-](F)(F)F. The predicted octanol–water partition coefficient (Wildman–Crippen LogP) is 6.02. The van der Waals surface area contributed by atoms with Crippen LogP contribution in [0.1, 0.15) is 64.2 Å². The van der Waals surface area contributed by atoms with Gasteiger partial charge in [-0.3, -0.25) is 0 Å². The summed E-state index contributed by atoms with van der Waals surface area (Å²) in [6, 6.07) is 0. The molecule has 0 aromatic carbocycles. The molecule has 2 aliphatic rings. The maximum Gasteiger partial charge on any atom is 0.673 e. The highest BCUT2D eigenvalue weighted by atomic mass is 31.1. The van der Waals surface area contributed by atoms with Crippen LogP contribution >= 0.6 is 7.92 Å². The summed E-state index contributed by atoms with van der Waals surface area (Å²) >= 11 is 0. The first-order valence-corrected chi connectivity index (χ1v) is 9.01. The molecule has 0 aromatic heterocycles. The third-order valence-electron chi connectivity index (χ3n) is 4.09. The number of rotatable bonds is 2. The van der Waals surface area contributed by atoms with Gasteiger partial charge in [0.25, 0.3) is 0 Å². The summed E-state index contributed by atoms with van der Waals surface area (Å²) in [5.41, 5.74) is 5.07. The maximum absolute atomic E-state index is 9.75. The van der Waals surface area contributed by atoms with E-state index in [1.807, 2.05) is 0 Å². The fourth-order valence-corrected chi connectivity index (χ4v) is 6.09. The lowest BCUT2D eigenvalue weighted by Gasteiger charge is -2.34. The van der Waals surface area contributed by atoms with Crippen molar-refractivity contribution < 1.29 is 17.3 Å². The molecule has 2 fully saturated rings. The van der Waals surface area contributed by atoms with Gasteiger partial charge in [0.15, 0.2) is 0 Å². The van der Waals surface area contributed by atoms with Crippen LogP contribution in [0.25, 0.3) is 0 Å². The highest BCUT2D eigenvalue weighted by Gasteiger charge is 2.29. The van der Waals surface area contributed by atoms with E-state index >= 15 is 0 Å². The molecule has 0 saturated heterocycles. The number of terminal acetylenes is 1. The van der Waals surface area contributed by atoms with Crippen LogP contribution < -0.4 is 0 Å². The molecule has 0 nitrogen and oxygen atoms in total. The lowest BCUT2D eigenvalue weighted by molar-refractivity contribution is 0.368. The molecule has 2 saturated carbocycles. The van der Waals surface area contributed by atoms with Gasteiger partial charge in [0.1, 0.15) is 0 Å². The number of hydrogen-bond donors (Lipinski definition) is 0. The van der Waals surface area contributed by atoms with Crippen molar-refractivity contribution in [1.29, 1.82) is 0 Å². The van der Waals surface area contributed by atoms with Crippen molar-refractivity contribution in [2.45, 2.75) is 75.5 Å². The van der Waals surface area contributed by atoms with Gasteiger partial charge in [-0.25, -0.2) is 0 Å². The van der Waals surface area contributed by atoms with E-state index < -0.39 is 7.25 Å². The largest absolute Gasteiger partial charge is 0.673 e. The summed E-state index contributed by atoms with van der Waals surface area (Å²) in [5.74, 6) is 0. The standard InChI is InChI=1S/C14H23P.BF4/c1-2-15(13-9-5-3-6-10-13)14-11-7-4-8-12-14;2-1(3,4)5/h1,13-14H,3-12H2;/q;-1. The van der Waals surface area contributed by atoms with E-state index in [1.54, 1.807) is 0 Å². The lowest BCUT2D eigenvalue weighted by atomic mass is 9.99. The maximum atomic E-state index is 9.75. The van der Waals surface area contributed by atoms with Crippen LogP contribution in [0.4, 0.5) is 17.3 Å². The van der Waals surface area contributed by atoms with Gasteiger partial charge in [-0.2, -0.15) is 0 Å². The minimum absolute atomic E-state index is 0.0670. The summed E-state index contributed by atoms with van der Waals surface area (Å²) in [7, 11) is -6.07. The molecule has 0 aliphatic heterocycles. The Bertz CT molecular complexity index is 277. The molecule has 0 aromatic rings. The van der Waals surface area contributed by atoms with Crippen LogP contribution in [0.5, 0.6) is 0 Å². The third-order valence-corrected chi connectivity index (χ3v) is 6.99. The smallest absolute Gasteiger partial charge is 0.418 e. The molecule has 6 heteroatoms. The van der Waals surface area contributed by atoms with Gasteiger partial charge in [0.05, 0.1) is 0 Å². The van der Waals surface area contributed by atoms with Crippen molar-refractivity contribution in [2.24, 2.45) is 0 Å². The summed E-state index contributed by atoms with van der Waals surface area (Å²) < 4.78 is 39.0. The van der Waals surface area contributed by atoms with Crippen molar-refractivity contribution in [1.82, 2.24) is 0 Å². The van der Waals surface area contributed by atoms with Gasteiger partial charge in [0.2, 0.25) is 0 Å². The van der Waals surface area contributed by atoms with Crippen molar-refractivity contribution in [2.75, 3.05) is 0 Å². The second-order valence-corrected chi connectivity index (χ2v) is 8.15. The van der Waals surface area contributed by atoms with Crippen LogP contribution in [0.3, 0.4) is 0 Å². The first kappa shape index (κ1) is 17.8. The Morgan fingerprint density at radius 2 is 1.05 bits per heavy atom. The molecule has 0 heterocycles. The Hall–Kier alpha value is -0.225. The fourth-order valence-electron chi connectivity index (χ4n) is 3.23. The van der Waals surface area contributed by atoms with E-state index in [0.29, 0.717) is 0 Å². The first-order valence-electron chi connectivity index (χ1n) is 7.53. The van der Waals surface area contributed by atoms with Crippen LogP contribution in [-0.2, 0) is 0 Å². The molecule has 0 radical (unpaired) electrons. The minimum Gasteiger partial charge on any atom is -0.418 e. The average Bonchev–Trinajstić information content (AvgIpc) is 2.40. The Kier molecular flexibility index (Phi) is 7.96. The second-order valence-electron chi connectivity index (χ2n) is 5.61. The molecule has 20 heavy (non-hydrogen) atoms. The average molecular weight is 309 g/mol. The molecule has 0 spiro atoms. The third kappa shape index (κ3) is 7.53. The molecule has 116 valence electrons. The number of hydrogen-bond acceptors (Lipinski definition) is 0. The van der Waals surface area contributed by atoms with Gasteiger partial charge in [0, 0.05) is 0 Å². The Labute approximate surface area is 120 Å². The Balaban J connectivity index is 0.000000347. The molecule has 2 rings (SSSR count). The van der Waals surface area contributed by atoms with Crippen molar-refractivity contribution >= 4 is 15.2 Å². The van der Waals surface area contributed by atoms with Crippen LogP contribution in [0, 0.1) is 12.1 Å². The highest BCUT2D eigenvalue weighted by molar-refractivity contribution is 7.64. The molecule has 0 unspecified atom stereocenters. The fraction of sp³-hybridized carbons (Fsp3) is 0.857. The normalized spacial score (nSPS) is 22.0. The van der Waals surface area contributed by atoms with E-state index in [4.69, 9.17) is 6.42 Å². The van der Waals surface area contributed by atoms with E-state index in [1.165, 1.54) is 64.2 Å². The van der Waals surface area contributed by atoms with Gasteiger partial charge in [-0.15, -0.1) is 6.42 Å². The summed E-state index contributed by atoms with van der Waals surface area (Å²) in [6.07, 6.45) is 20.2. The summed E-state index contributed by atoms with van der Waals surface area (Å²) in [5, 5.41) is 0. The number of halogens is 4. The summed E-state index contributed by atoms with van der Waals surface area (Å²) in [4.78, 5) is 0.